The van der Waals surface area contributed by atoms with Gasteiger partial charge in [0, 0.05) is 6.54 Å². The van der Waals surface area contributed by atoms with Crippen LogP contribution in [0.1, 0.15) is 19.3 Å². The van der Waals surface area contributed by atoms with Gasteiger partial charge in [-0.25, -0.2) is 4.98 Å². The van der Waals surface area contributed by atoms with Crippen LogP contribution in [-0.2, 0) is 0 Å². The number of hydrogen-bond acceptors (Lipinski definition) is 4. The molecule has 0 aromatic carbocycles. The van der Waals surface area contributed by atoms with E-state index in [2.05, 4.69) is 31.2 Å². The van der Waals surface area contributed by atoms with Crippen molar-refractivity contribution in [2.75, 3.05) is 11.9 Å². The third-order valence-corrected chi connectivity index (χ3v) is 3.60. The standard InChI is InChI=1S/C10H14BrN3O2/c11-8-9(13-5-14-10(8)16)12-4-6-1-2-7(15)3-6/h5-7,15H,1-4H2,(H2,12,13,14,16). The number of halogens is 1. The summed E-state index contributed by atoms with van der Waals surface area (Å²) in [4.78, 5) is 17.8. The fraction of sp³-hybridized carbons (Fsp3) is 0.600. The molecular weight excluding hydrogens is 274 g/mol. The van der Waals surface area contributed by atoms with Crippen molar-refractivity contribution in [2.45, 2.75) is 25.4 Å². The average molecular weight is 288 g/mol. The quantitative estimate of drug-likeness (QED) is 0.778. The molecule has 0 saturated heterocycles. The third-order valence-electron chi connectivity index (χ3n) is 2.87. The second-order valence-electron chi connectivity index (χ2n) is 4.11. The number of aromatic nitrogens is 2. The highest BCUT2D eigenvalue weighted by Crippen LogP contribution is 2.26. The van der Waals surface area contributed by atoms with Gasteiger partial charge in [0.1, 0.15) is 10.3 Å². The molecule has 2 atom stereocenters. The Morgan fingerprint density at radius 1 is 1.62 bits per heavy atom. The molecule has 1 aromatic heterocycles. The molecule has 0 spiro atoms. The van der Waals surface area contributed by atoms with Crippen LogP contribution in [0.5, 0.6) is 0 Å². The smallest absolute Gasteiger partial charge is 0.267 e. The zero-order valence-corrected chi connectivity index (χ0v) is 10.3. The van der Waals surface area contributed by atoms with E-state index in [4.69, 9.17) is 0 Å². The summed E-state index contributed by atoms with van der Waals surface area (Å²) in [7, 11) is 0. The first-order chi connectivity index (χ1) is 7.66. The Hall–Kier alpha value is -0.880. The van der Waals surface area contributed by atoms with Crippen molar-refractivity contribution in [1.82, 2.24) is 9.97 Å². The second-order valence-corrected chi connectivity index (χ2v) is 4.90. The highest BCUT2D eigenvalue weighted by Gasteiger charge is 2.22. The molecule has 88 valence electrons. The molecule has 1 aliphatic carbocycles. The van der Waals surface area contributed by atoms with Gasteiger partial charge in [0.25, 0.3) is 5.56 Å². The maximum atomic E-state index is 11.3. The number of anilines is 1. The maximum Gasteiger partial charge on any atom is 0.267 e. The molecular formula is C10H14BrN3O2. The number of nitrogens with one attached hydrogen (secondary N) is 2. The lowest BCUT2D eigenvalue weighted by molar-refractivity contribution is 0.178. The molecule has 1 aliphatic rings. The van der Waals surface area contributed by atoms with Gasteiger partial charge >= 0.3 is 0 Å². The number of H-pyrrole nitrogens is 1. The van der Waals surface area contributed by atoms with Gasteiger partial charge in [-0.2, -0.15) is 0 Å². The SMILES string of the molecule is O=c1[nH]cnc(NCC2CCC(O)C2)c1Br. The van der Waals surface area contributed by atoms with Gasteiger partial charge < -0.3 is 15.4 Å². The molecule has 6 heteroatoms. The Kier molecular flexibility index (Phi) is 3.60. The van der Waals surface area contributed by atoms with Gasteiger partial charge in [0.15, 0.2) is 0 Å². The number of aromatic amines is 1. The minimum Gasteiger partial charge on any atom is -0.393 e. The summed E-state index contributed by atoms with van der Waals surface area (Å²) in [5, 5.41) is 12.5. The fourth-order valence-electron chi connectivity index (χ4n) is 1.98. The van der Waals surface area contributed by atoms with E-state index in [1.165, 1.54) is 6.33 Å². The predicted octanol–water partition coefficient (Wildman–Crippen LogP) is 1.11. The summed E-state index contributed by atoms with van der Waals surface area (Å²) in [6.45, 7) is 0.742. The van der Waals surface area contributed by atoms with Crippen LogP contribution in [-0.4, -0.2) is 27.7 Å². The van der Waals surface area contributed by atoms with Gasteiger partial charge in [-0.3, -0.25) is 4.79 Å². The van der Waals surface area contributed by atoms with E-state index in [0.717, 1.165) is 25.8 Å². The molecule has 2 unspecified atom stereocenters. The van der Waals surface area contributed by atoms with Crippen LogP contribution in [0.15, 0.2) is 15.6 Å². The molecule has 5 nitrogen and oxygen atoms in total. The van der Waals surface area contributed by atoms with Crippen LogP contribution in [0.25, 0.3) is 0 Å². The second kappa shape index (κ2) is 4.97. The molecule has 0 amide bonds. The topological polar surface area (TPSA) is 78.0 Å². The molecule has 2 rings (SSSR count). The third kappa shape index (κ3) is 2.62. The van der Waals surface area contributed by atoms with Crippen molar-refractivity contribution in [2.24, 2.45) is 5.92 Å². The first-order valence-corrected chi connectivity index (χ1v) is 6.11. The summed E-state index contributed by atoms with van der Waals surface area (Å²) >= 11 is 3.18. The Morgan fingerprint density at radius 2 is 2.44 bits per heavy atom. The maximum absolute atomic E-state index is 11.3. The van der Waals surface area contributed by atoms with Crippen molar-refractivity contribution in [3.63, 3.8) is 0 Å². The van der Waals surface area contributed by atoms with Crippen molar-refractivity contribution < 1.29 is 5.11 Å². The summed E-state index contributed by atoms with van der Waals surface area (Å²) in [5.41, 5.74) is -0.191. The van der Waals surface area contributed by atoms with Crippen molar-refractivity contribution in [3.8, 4) is 0 Å². The van der Waals surface area contributed by atoms with Gasteiger partial charge in [0.2, 0.25) is 0 Å². The molecule has 3 N–H and O–H groups in total. The lowest BCUT2D eigenvalue weighted by atomic mass is 10.1. The highest BCUT2D eigenvalue weighted by atomic mass is 79.9. The van der Waals surface area contributed by atoms with Crippen LogP contribution < -0.4 is 10.9 Å². The molecule has 0 aliphatic heterocycles. The molecule has 1 heterocycles. The zero-order chi connectivity index (χ0) is 11.5. The van der Waals surface area contributed by atoms with Gasteiger partial charge in [0.05, 0.1) is 12.4 Å². The van der Waals surface area contributed by atoms with E-state index in [9.17, 15) is 9.90 Å². The Bertz CT molecular complexity index is 421. The zero-order valence-electron chi connectivity index (χ0n) is 8.74. The summed E-state index contributed by atoms with van der Waals surface area (Å²) in [6, 6.07) is 0. The lowest BCUT2D eigenvalue weighted by Gasteiger charge is -2.11. The lowest BCUT2D eigenvalue weighted by Crippen LogP contribution is -2.17. The summed E-state index contributed by atoms with van der Waals surface area (Å²) < 4.78 is 0.425. The fourth-order valence-corrected chi connectivity index (χ4v) is 2.34. The van der Waals surface area contributed by atoms with E-state index < -0.39 is 0 Å². The Labute approximate surface area is 101 Å². The molecule has 16 heavy (non-hydrogen) atoms. The van der Waals surface area contributed by atoms with E-state index in [1.54, 1.807) is 0 Å². The minimum atomic E-state index is -0.191. The number of nitrogens with zero attached hydrogens (tertiary/aromatic N) is 1. The normalized spacial score (nSPS) is 24.6. The average Bonchev–Trinajstić information content (AvgIpc) is 2.67. The van der Waals surface area contributed by atoms with Crippen molar-refractivity contribution in [1.29, 1.82) is 0 Å². The Morgan fingerprint density at radius 3 is 3.12 bits per heavy atom. The minimum absolute atomic E-state index is 0.164. The van der Waals surface area contributed by atoms with Gasteiger partial charge in [-0.15, -0.1) is 0 Å². The van der Waals surface area contributed by atoms with E-state index in [-0.39, 0.29) is 11.7 Å². The summed E-state index contributed by atoms with van der Waals surface area (Å²) in [5.74, 6) is 1.02. The number of hydrogen-bond donors (Lipinski definition) is 3. The van der Waals surface area contributed by atoms with E-state index in [1.807, 2.05) is 0 Å². The highest BCUT2D eigenvalue weighted by molar-refractivity contribution is 9.10. The van der Waals surface area contributed by atoms with Crippen molar-refractivity contribution in [3.05, 3.63) is 21.2 Å². The van der Waals surface area contributed by atoms with Crippen LogP contribution in [0, 0.1) is 5.92 Å². The van der Waals surface area contributed by atoms with Crippen LogP contribution in [0.3, 0.4) is 0 Å². The van der Waals surface area contributed by atoms with Crippen LogP contribution >= 0.6 is 15.9 Å². The van der Waals surface area contributed by atoms with Crippen LogP contribution in [0.4, 0.5) is 5.82 Å². The van der Waals surface area contributed by atoms with E-state index >= 15 is 0 Å². The van der Waals surface area contributed by atoms with Crippen molar-refractivity contribution >= 4 is 21.7 Å². The van der Waals surface area contributed by atoms with Crippen LogP contribution in [0.2, 0.25) is 0 Å². The monoisotopic (exact) mass is 287 g/mol. The molecule has 0 bridgehead atoms. The number of aliphatic hydroxyl groups excluding tert-OH is 1. The van der Waals surface area contributed by atoms with E-state index in [0.29, 0.717) is 16.2 Å². The number of aliphatic hydroxyl groups is 1. The van der Waals surface area contributed by atoms with Gasteiger partial charge in [-0.05, 0) is 41.1 Å². The molecule has 1 fully saturated rings. The largest absolute Gasteiger partial charge is 0.393 e. The first-order valence-electron chi connectivity index (χ1n) is 5.32. The summed E-state index contributed by atoms with van der Waals surface area (Å²) in [6.07, 6.45) is 3.93. The molecule has 1 aromatic rings. The molecule has 0 radical (unpaired) electrons. The van der Waals surface area contributed by atoms with Gasteiger partial charge in [-0.1, -0.05) is 0 Å². The first kappa shape index (κ1) is 11.6. The Balaban J connectivity index is 1.95. The number of rotatable bonds is 3. The molecule has 1 saturated carbocycles. The predicted molar refractivity (Wildman–Crippen MR) is 64.4 cm³/mol.